The molecule has 0 saturated carbocycles. The highest BCUT2D eigenvalue weighted by Gasteiger charge is 2.09. The summed E-state index contributed by atoms with van der Waals surface area (Å²) in [6.07, 6.45) is 0.403. The van der Waals surface area contributed by atoms with Crippen molar-refractivity contribution < 1.29 is 13.9 Å². The maximum Gasteiger partial charge on any atom is 0.411 e. The van der Waals surface area contributed by atoms with Crippen LogP contribution in [0.5, 0.6) is 0 Å². The zero-order valence-electron chi connectivity index (χ0n) is 13.3. The fourth-order valence-electron chi connectivity index (χ4n) is 2.25. The fourth-order valence-corrected chi connectivity index (χ4v) is 2.25. The standard InChI is InChI=1S/C18H21FN2O2/c1-3-17(13-5-7-14(19)8-6-13)20-15-9-11-16(12-10-15)21-18(22)23-4-2/h5-12,17,20H,3-4H2,1-2H3,(H,21,22). The van der Waals surface area contributed by atoms with Crippen molar-refractivity contribution in [3.63, 3.8) is 0 Å². The molecule has 4 nitrogen and oxygen atoms in total. The van der Waals surface area contributed by atoms with Gasteiger partial charge in [0.1, 0.15) is 5.82 Å². The first-order valence-electron chi connectivity index (χ1n) is 7.68. The number of carbonyl (C=O) groups is 1. The first kappa shape index (κ1) is 16.8. The van der Waals surface area contributed by atoms with Gasteiger partial charge in [0, 0.05) is 11.4 Å². The zero-order valence-corrected chi connectivity index (χ0v) is 13.3. The molecular formula is C18H21FN2O2. The van der Waals surface area contributed by atoms with Gasteiger partial charge >= 0.3 is 6.09 Å². The number of rotatable bonds is 6. The van der Waals surface area contributed by atoms with Crippen molar-refractivity contribution in [3.05, 3.63) is 59.9 Å². The molecule has 1 atom stereocenters. The molecule has 0 spiro atoms. The van der Waals surface area contributed by atoms with E-state index in [2.05, 4.69) is 17.6 Å². The molecule has 23 heavy (non-hydrogen) atoms. The van der Waals surface area contributed by atoms with E-state index in [1.165, 1.54) is 12.1 Å². The van der Waals surface area contributed by atoms with Crippen molar-refractivity contribution in [2.24, 2.45) is 0 Å². The van der Waals surface area contributed by atoms with Crippen molar-refractivity contribution >= 4 is 17.5 Å². The molecule has 0 heterocycles. The first-order chi connectivity index (χ1) is 11.1. The molecule has 2 aromatic rings. The second-order valence-corrected chi connectivity index (χ2v) is 5.08. The molecule has 0 bridgehead atoms. The van der Waals surface area contributed by atoms with Crippen molar-refractivity contribution in [1.29, 1.82) is 0 Å². The third kappa shape index (κ3) is 4.98. The van der Waals surface area contributed by atoms with Gasteiger partial charge in [-0.3, -0.25) is 5.32 Å². The molecule has 0 saturated heterocycles. The van der Waals surface area contributed by atoms with Gasteiger partial charge in [-0.05, 0) is 55.3 Å². The van der Waals surface area contributed by atoms with Gasteiger partial charge < -0.3 is 10.1 Å². The Morgan fingerprint density at radius 3 is 2.22 bits per heavy atom. The Bertz CT molecular complexity index is 626. The third-order valence-electron chi connectivity index (χ3n) is 3.43. The second kappa shape index (κ2) is 8.17. The minimum atomic E-state index is -0.467. The lowest BCUT2D eigenvalue weighted by molar-refractivity contribution is 0.168. The molecule has 0 radical (unpaired) electrons. The number of carbonyl (C=O) groups excluding carboxylic acids is 1. The van der Waals surface area contributed by atoms with E-state index in [4.69, 9.17) is 4.74 Å². The number of benzene rings is 2. The van der Waals surface area contributed by atoms with Gasteiger partial charge in [0.05, 0.1) is 12.6 Å². The van der Waals surface area contributed by atoms with Crippen molar-refractivity contribution in [3.8, 4) is 0 Å². The predicted octanol–water partition coefficient (Wildman–Crippen LogP) is 4.96. The molecule has 0 aromatic heterocycles. The molecule has 0 aliphatic rings. The zero-order chi connectivity index (χ0) is 16.7. The molecule has 2 rings (SSSR count). The van der Waals surface area contributed by atoms with E-state index in [1.807, 2.05) is 12.1 Å². The number of hydrogen-bond donors (Lipinski definition) is 2. The topological polar surface area (TPSA) is 50.4 Å². The van der Waals surface area contributed by atoms with E-state index in [1.54, 1.807) is 31.2 Å². The summed E-state index contributed by atoms with van der Waals surface area (Å²) in [5.41, 5.74) is 2.63. The van der Waals surface area contributed by atoms with Gasteiger partial charge in [-0.25, -0.2) is 9.18 Å². The molecule has 2 N–H and O–H groups in total. The van der Waals surface area contributed by atoms with Crippen LogP contribution in [0.2, 0.25) is 0 Å². The maximum absolute atomic E-state index is 13.0. The largest absolute Gasteiger partial charge is 0.450 e. The van der Waals surface area contributed by atoms with Gasteiger partial charge in [0.2, 0.25) is 0 Å². The summed E-state index contributed by atoms with van der Waals surface area (Å²) in [4.78, 5) is 11.4. The van der Waals surface area contributed by atoms with Crippen LogP contribution in [-0.4, -0.2) is 12.7 Å². The number of hydrogen-bond acceptors (Lipinski definition) is 3. The summed E-state index contributed by atoms with van der Waals surface area (Å²) in [6.45, 7) is 4.16. The Morgan fingerprint density at radius 2 is 1.65 bits per heavy atom. The maximum atomic E-state index is 13.0. The van der Waals surface area contributed by atoms with E-state index in [-0.39, 0.29) is 11.9 Å². The Morgan fingerprint density at radius 1 is 1.04 bits per heavy atom. The van der Waals surface area contributed by atoms with Crippen LogP contribution in [0.4, 0.5) is 20.6 Å². The van der Waals surface area contributed by atoms with E-state index < -0.39 is 6.09 Å². The van der Waals surface area contributed by atoms with Gasteiger partial charge in [-0.15, -0.1) is 0 Å². The lowest BCUT2D eigenvalue weighted by atomic mass is 10.0. The molecule has 122 valence electrons. The number of anilines is 2. The number of ether oxygens (including phenoxy) is 1. The van der Waals surface area contributed by atoms with Gasteiger partial charge in [0.15, 0.2) is 0 Å². The Labute approximate surface area is 135 Å². The summed E-state index contributed by atoms with van der Waals surface area (Å²) < 4.78 is 17.8. The van der Waals surface area contributed by atoms with Crippen LogP contribution in [0.15, 0.2) is 48.5 Å². The predicted molar refractivity (Wildman–Crippen MR) is 90.1 cm³/mol. The normalized spacial score (nSPS) is 11.6. The highest BCUT2D eigenvalue weighted by molar-refractivity contribution is 5.84. The number of halogens is 1. The minimum absolute atomic E-state index is 0.0967. The van der Waals surface area contributed by atoms with Crippen molar-refractivity contribution in [2.45, 2.75) is 26.3 Å². The van der Waals surface area contributed by atoms with Gasteiger partial charge in [-0.2, -0.15) is 0 Å². The average molecular weight is 316 g/mol. The lowest BCUT2D eigenvalue weighted by Crippen LogP contribution is -2.13. The van der Waals surface area contributed by atoms with Crippen LogP contribution >= 0.6 is 0 Å². The number of amides is 1. The Balaban J connectivity index is 2.01. The monoisotopic (exact) mass is 316 g/mol. The number of nitrogens with one attached hydrogen (secondary N) is 2. The first-order valence-corrected chi connectivity index (χ1v) is 7.68. The fraction of sp³-hybridized carbons (Fsp3) is 0.278. The van der Waals surface area contributed by atoms with Crippen LogP contribution in [0.25, 0.3) is 0 Å². The van der Waals surface area contributed by atoms with Crippen LogP contribution < -0.4 is 10.6 Å². The van der Waals surface area contributed by atoms with Gasteiger partial charge in [0.25, 0.3) is 0 Å². The summed E-state index contributed by atoms with van der Waals surface area (Å²) in [5.74, 6) is -0.238. The van der Waals surface area contributed by atoms with E-state index >= 15 is 0 Å². The molecule has 2 aromatic carbocycles. The smallest absolute Gasteiger partial charge is 0.411 e. The summed E-state index contributed by atoms with van der Waals surface area (Å²) in [6, 6.07) is 14.0. The average Bonchev–Trinajstić information content (AvgIpc) is 2.55. The molecule has 0 aliphatic heterocycles. The molecule has 5 heteroatoms. The summed E-state index contributed by atoms with van der Waals surface area (Å²) >= 11 is 0. The summed E-state index contributed by atoms with van der Waals surface area (Å²) in [7, 11) is 0. The van der Waals surface area contributed by atoms with Crippen LogP contribution in [0, 0.1) is 5.82 Å². The van der Waals surface area contributed by atoms with Crippen LogP contribution in [0.3, 0.4) is 0 Å². The van der Waals surface area contributed by atoms with E-state index in [9.17, 15) is 9.18 Å². The highest BCUT2D eigenvalue weighted by atomic mass is 19.1. The lowest BCUT2D eigenvalue weighted by Gasteiger charge is -2.19. The minimum Gasteiger partial charge on any atom is -0.450 e. The SMILES string of the molecule is CCOC(=O)Nc1ccc(NC(CC)c2ccc(F)cc2)cc1. The second-order valence-electron chi connectivity index (χ2n) is 5.08. The van der Waals surface area contributed by atoms with Crippen LogP contribution in [-0.2, 0) is 4.74 Å². The molecule has 1 amide bonds. The van der Waals surface area contributed by atoms with E-state index in [0.29, 0.717) is 12.3 Å². The van der Waals surface area contributed by atoms with Gasteiger partial charge in [-0.1, -0.05) is 19.1 Å². The Kier molecular flexibility index (Phi) is 5.97. The summed E-state index contributed by atoms with van der Waals surface area (Å²) in [5, 5.41) is 6.05. The molecule has 0 fully saturated rings. The third-order valence-corrected chi connectivity index (χ3v) is 3.43. The quantitative estimate of drug-likeness (QED) is 0.792. The van der Waals surface area contributed by atoms with Crippen molar-refractivity contribution in [2.75, 3.05) is 17.2 Å². The van der Waals surface area contributed by atoms with Crippen molar-refractivity contribution in [1.82, 2.24) is 0 Å². The molecule has 0 aliphatic carbocycles. The molecular weight excluding hydrogens is 295 g/mol. The van der Waals surface area contributed by atoms with E-state index in [0.717, 1.165) is 17.7 Å². The molecule has 1 unspecified atom stereocenters. The van der Waals surface area contributed by atoms with Crippen LogP contribution in [0.1, 0.15) is 31.9 Å². The Hall–Kier alpha value is -2.56. The highest BCUT2D eigenvalue weighted by Crippen LogP contribution is 2.24.